The van der Waals surface area contributed by atoms with E-state index in [0.717, 1.165) is 11.1 Å². The van der Waals surface area contributed by atoms with Crippen molar-refractivity contribution < 1.29 is 9.84 Å². The Labute approximate surface area is 105 Å². The molecule has 17 heavy (non-hydrogen) atoms. The first kappa shape index (κ1) is 12.0. The summed E-state index contributed by atoms with van der Waals surface area (Å²) in [6, 6.07) is 12.8. The first-order valence-electron chi connectivity index (χ1n) is 5.33. The molecule has 2 aromatic carbocycles. The Morgan fingerprint density at radius 3 is 2.47 bits per heavy atom. The van der Waals surface area contributed by atoms with Crippen molar-refractivity contribution in [2.75, 3.05) is 0 Å². The summed E-state index contributed by atoms with van der Waals surface area (Å²) in [5.41, 5.74) is 1.87. The zero-order chi connectivity index (χ0) is 12.3. The average Bonchev–Trinajstić information content (AvgIpc) is 2.34. The summed E-state index contributed by atoms with van der Waals surface area (Å²) in [5.74, 6) is 1.37. The number of aryl methyl sites for hydroxylation is 1. The lowest BCUT2D eigenvalue weighted by atomic mass is 10.1. The van der Waals surface area contributed by atoms with Crippen LogP contribution in [0.25, 0.3) is 0 Å². The first-order chi connectivity index (χ1) is 8.19. The van der Waals surface area contributed by atoms with Crippen LogP contribution in [0.2, 0.25) is 5.02 Å². The Morgan fingerprint density at radius 1 is 1.12 bits per heavy atom. The first-order valence-corrected chi connectivity index (χ1v) is 5.70. The molecule has 0 heterocycles. The third-order valence-corrected chi connectivity index (χ3v) is 2.68. The molecule has 1 N–H and O–H groups in total. The molecule has 0 bridgehead atoms. The van der Waals surface area contributed by atoms with Gasteiger partial charge in [-0.25, -0.2) is 0 Å². The Balaban J connectivity index is 2.26. The Kier molecular flexibility index (Phi) is 3.67. The highest BCUT2D eigenvalue weighted by Crippen LogP contribution is 2.27. The second-order valence-electron chi connectivity index (χ2n) is 3.83. The predicted molar refractivity (Wildman–Crippen MR) is 68.6 cm³/mol. The second-order valence-corrected chi connectivity index (χ2v) is 4.26. The van der Waals surface area contributed by atoms with Crippen LogP contribution in [0.4, 0.5) is 0 Å². The molecule has 0 amide bonds. The molecule has 2 rings (SSSR count). The smallest absolute Gasteiger partial charge is 0.132 e. The van der Waals surface area contributed by atoms with Crippen molar-refractivity contribution in [3.8, 4) is 11.5 Å². The molecule has 0 spiro atoms. The molecule has 88 valence electrons. The van der Waals surface area contributed by atoms with E-state index in [1.54, 1.807) is 24.3 Å². The maximum Gasteiger partial charge on any atom is 0.132 e. The van der Waals surface area contributed by atoms with Gasteiger partial charge in [0.25, 0.3) is 0 Å². The predicted octanol–water partition coefficient (Wildman–Crippen LogP) is 3.93. The van der Waals surface area contributed by atoms with E-state index >= 15 is 0 Å². The minimum absolute atomic E-state index is 0.0371. The topological polar surface area (TPSA) is 29.5 Å². The standard InChI is InChI=1S/C14H13ClO2/c1-10-2-7-14(11(8-10)9-16)17-13-5-3-12(15)4-6-13/h2-8,16H,9H2,1H3. The van der Waals surface area contributed by atoms with Gasteiger partial charge in [-0.05, 0) is 37.3 Å². The average molecular weight is 249 g/mol. The summed E-state index contributed by atoms with van der Waals surface area (Å²) in [6.45, 7) is 1.94. The maximum atomic E-state index is 9.26. The lowest BCUT2D eigenvalue weighted by molar-refractivity contribution is 0.276. The molecule has 2 aromatic rings. The number of aliphatic hydroxyl groups excluding tert-OH is 1. The largest absolute Gasteiger partial charge is 0.457 e. The van der Waals surface area contributed by atoms with Crippen molar-refractivity contribution in [3.05, 3.63) is 58.6 Å². The van der Waals surface area contributed by atoms with Gasteiger partial charge in [0.15, 0.2) is 0 Å². The monoisotopic (exact) mass is 248 g/mol. The second kappa shape index (κ2) is 5.21. The van der Waals surface area contributed by atoms with Gasteiger partial charge in [-0.3, -0.25) is 0 Å². The van der Waals surface area contributed by atoms with E-state index in [1.807, 2.05) is 25.1 Å². The summed E-state index contributed by atoms with van der Waals surface area (Å²) < 4.78 is 5.69. The molecule has 0 atom stereocenters. The van der Waals surface area contributed by atoms with Gasteiger partial charge in [0.2, 0.25) is 0 Å². The van der Waals surface area contributed by atoms with Crippen LogP contribution in [0.5, 0.6) is 11.5 Å². The summed E-state index contributed by atoms with van der Waals surface area (Å²) >= 11 is 5.80. The van der Waals surface area contributed by atoms with Gasteiger partial charge in [0, 0.05) is 10.6 Å². The highest BCUT2D eigenvalue weighted by Gasteiger charge is 2.04. The highest BCUT2D eigenvalue weighted by molar-refractivity contribution is 6.30. The van der Waals surface area contributed by atoms with Crippen molar-refractivity contribution >= 4 is 11.6 Å². The molecule has 0 aromatic heterocycles. The quantitative estimate of drug-likeness (QED) is 0.892. The van der Waals surface area contributed by atoms with Crippen LogP contribution in [0.1, 0.15) is 11.1 Å². The SMILES string of the molecule is Cc1ccc(Oc2ccc(Cl)cc2)c(CO)c1. The zero-order valence-electron chi connectivity index (χ0n) is 9.48. The van der Waals surface area contributed by atoms with Gasteiger partial charge in [-0.1, -0.05) is 29.3 Å². The van der Waals surface area contributed by atoms with E-state index in [9.17, 15) is 5.11 Å². The Hall–Kier alpha value is -1.51. The number of hydrogen-bond acceptors (Lipinski definition) is 2. The number of hydrogen-bond donors (Lipinski definition) is 1. The Morgan fingerprint density at radius 2 is 1.82 bits per heavy atom. The van der Waals surface area contributed by atoms with Crippen molar-refractivity contribution in [3.63, 3.8) is 0 Å². The maximum absolute atomic E-state index is 9.26. The molecule has 2 nitrogen and oxygen atoms in total. The fraction of sp³-hybridized carbons (Fsp3) is 0.143. The van der Waals surface area contributed by atoms with Gasteiger partial charge >= 0.3 is 0 Å². The molecule has 0 saturated carbocycles. The third-order valence-electron chi connectivity index (χ3n) is 2.43. The van der Waals surface area contributed by atoms with Crippen molar-refractivity contribution in [2.45, 2.75) is 13.5 Å². The van der Waals surface area contributed by atoms with Crippen LogP contribution in [-0.4, -0.2) is 5.11 Å². The molecule has 0 saturated heterocycles. The number of aliphatic hydroxyl groups is 1. The summed E-state index contributed by atoms with van der Waals surface area (Å²) in [7, 11) is 0. The minimum Gasteiger partial charge on any atom is -0.457 e. The summed E-state index contributed by atoms with van der Waals surface area (Å²) in [4.78, 5) is 0. The fourth-order valence-electron chi connectivity index (χ4n) is 1.56. The van der Waals surface area contributed by atoms with Crippen LogP contribution < -0.4 is 4.74 Å². The molecule has 0 unspecified atom stereocenters. The number of rotatable bonds is 3. The van der Waals surface area contributed by atoms with Crippen LogP contribution >= 0.6 is 11.6 Å². The van der Waals surface area contributed by atoms with E-state index in [2.05, 4.69) is 0 Å². The van der Waals surface area contributed by atoms with E-state index in [1.165, 1.54) is 0 Å². The van der Waals surface area contributed by atoms with E-state index in [4.69, 9.17) is 16.3 Å². The Bertz CT molecular complexity index is 506. The molecular formula is C14H13ClO2. The van der Waals surface area contributed by atoms with Gasteiger partial charge < -0.3 is 9.84 Å². The fourth-order valence-corrected chi connectivity index (χ4v) is 1.69. The van der Waals surface area contributed by atoms with Crippen molar-refractivity contribution in [1.29, 1.82) is 0 Å². The lowest BCUT2D eigenvalue weighted by Gasteiger charge is -2.10. The van der Waals surface area contributed by atoms with E-state index in [-0.39, 0.29) is 6.61 Å². The molecular weight excluding hydrogens is 236 g/mol. The summed E-state index contributed by atoms with van der Waals surface area (Å²) in [6.07, 6.45) is 0. The molecule has 3 heteroatoms. The lowest BCUT2D eigenvalue weighted by Crippen LogP contribution is -1.92. The van der Waals surface area contributed by atoms with E-state index < -0.39 is 0 Å². The molecule has 0 aliphatic carbocycles. The normalized spacial score (nSPS) is 10.3. The van der Waals surface area contributed by atoms with Crippen LogP contribution in [0.3, 0.4) is 0 Å². The zero-order valence-corrected chi connectivity index (χ0v) is 10.2. The van der Waals surface area contributed by atoms with Crippen LogP contribution in [0.15, 0.2) is 42.5 Å². The van der Waals surface area contributed by atoms with Crippen LogP contribution in [0, 0.1) is 6.92 Å². The van der Waals surface area contributed by atoms with Gasteiger partial charge in [-0.15, -0.1) is 0 Å². The van der Waals surface area contributed by atoms with Gasteiger partial charge in [0.1, 0.15) is 11.5 Å². The van der Waals surface area contributed by atoms with E-state index in [0.29, 0.717) is 16.5 Å². The van der Waals surface area contributed by atoms with Crippen molar-refractivity contribution in [2.24, 2.45) is 0 Å². The van der Waals surface area contributed by atoms with Crippen LogP contribution in [-0.2, 0) is 6.61 Å². The molecule has 0 fully saturated rings. The summed E-state index contributed by atoms with van der Waals surface area (Å²) in [5, 5.41) is 9.93. The molecule has 0 radical (unpaired) electrons. The molecule has 0 aliphatic rings. The number of halogens is 1. The van der Waals surface area contributed by atoms with Crippen molar-refractivity contribution in [1.82, 2.24) is 0 Å². The van der Waals surface area contributed by atoms with Gasteiger partial charge in [-0.2, -0.15) is 0 Å². The molecule has 0 aliphatic heterocycles. The third kappa shape index (κ3) is 2.99. The number of benzene rings is 2. The highest BCUT2D eigenvalue weighted by atomic mass is 35.5. The van der Waals surface area contributed by atoms with Gasteiger partial charge in [0.05, 0.1) is 6.61 Å². The minimum atomic E-state index is -0.0371. The number of ether oxygens (including phenoxy) is 1.